The number of rotatable bonds is 3. The highest BCUT2D eigenvalue weighted by Gasteiger charge is 2.10. The molecule has 1 aromatic heterocycles. The average molecular weight is 211 g/mol. The highest BCUT2D eigenvalue weighted by atomic mass is 32.1. The number of nitrogen functional groups attached to an aromatic ring is 1. The fourth-order valence-corrected chi connectivity index (χ4v) is 1.69. The Hall–Kier alpha value is -1.36. The molecule has 0 amide bonds. The predicted octanol–water partition coefficient (Wildman–Crippen LogP) is 1.29. The van der Waals surface area contributed by atoms with Crippen molar-refractivity contribution in [3.05, 3.63) is 22.8 Å². The minimum Gasteiger partial charge on any atom is -0.383 e. The van der Waals surface area contributed by atoms with E-state index in [9.17, 15) is 4.79 Å². The molecule has 2 N–H and O–H groups in total. The Labute approximate surface area is 87.1 Å². The molecule has 76 valence electrons. The van der Waals surface area contributed by atoms with Gasteiger partial charge in [-0.1, -0.05) is 11.3 Å². The zero-order chi connectivity index (χ0) is 10.7. The summed E-state index contributed by atoms with van der Waals surface area (Å²) in [6.45, 7) is 1.78. The first-order valence-electron chi connectivity index (χ1n) is 4.12. The fourth-order valence-electron chi connectivity index (χ4n) is 0.938. The zero-order valence-electron chi connectivity index (χ0n) is 8.44. The van der Waals surface area contributed by atoms with Crippen molar-refractivity contribution in [3.8, 4) is 0 Å². The van der Waals surface area contributed by atoms with Crippen LogP contribution in [-0.2, 0) is 0 Å². The average Bonchev–Trinajstić information content (AvgIpc) is 2.41. The molecule has 0 unspecified atom stereocenters. The number of anilines is 1. The molecule has 5 heteroatoms. The molecule has 1 rings (SSSR count). The molecule has 0 bridgehead atoms. The monoisotopic (exact) mass is 211 g/mol. The van der Waals surface area contributed by atoms with Crippen molar-refractivity contribution in [1.29, 1.82) is 0 Å². The molecule has 1 aromatic rings. The molecule has 0 aliphatic heterocycles. The Balaban J connectivity index is 2.85. The smallest absolute Gasteiger partial charge is 0.199 e. The van der Waals surface area contributed by atoms with Gasteiger partial charge in [0, 0.05) is 26.4 Å². The van der Waals surface area contributed by atoms with E-state index in [-0.39, 0.29) is 5.78 Å². The van der Waals surface area contributed by atoms with Crippen molar-refractivity contribution < 1.29 is 4.79 Å². The second kappa shape index (κ2) is 4.23. The van der Waals surface area contributed by atoms with Gasteiger partial charge >= 0.3 is 0 Å². The third-order valence-electron chi connectivity index (χ3n) is 1.56. The molecule has 14 heavy (non-hydrogen) atoms. The second-order valence-corrected chi connectivity index (χ2v) is 4.14. The number of aryl methyl sites for hydroxylation is 1. The number of carbonyl (C=O) groups excluding carboxylic acids is 1. The maximum absolute atomic E-state index is 11.6. The van der Waals surface area contributed by atoms with Gasteiger partial charge in [-0.25, -0.2) is 4.98 Å². The van der Waals surface area contributed by atoms with Crippen LogP contribution in [0.15, 0.2) is 12.3 Å². The first kappa shape index (κ1) is 10.7. The third kappa shape index (κ3) is 2.56. The summed E-state index contributed by atoms with van der Waals surface area (Å²) in [6.07, 6.45) is 3.22. The Morgan fingerprint density at radius 1 is 1.57 bits per heavy atom. The van der Waals surface area contributed by atoms with Crippen molar-refractivity contribution in [2.75, 3.05) is 19.8 Å². The molecule has 0 aliphatic rings. The zero-order valence-corrected chi connectivity index (χ0v) is 9.26. The molecule has 0 spiro atoms. The molecule has 4 nitrogen and oxygen atoms in total. The van der Waals surface area contributed by atoms with Gasteiger partial charge in [-0.3, -0.25) is 4.79 Å². The molecule has 0 fully saturated rings. The van der Waals surface area contributed by atoms with E-state index in [1.807, 2.05) is 14.1 Å². The van der Waals surface area contributed by atoms with Gasteiger partial charge in [0.1, 0.15) is 0 Å². The van der Waals surface area contributed by atoms with Gasteiger partial charge in [-0.05, 0) is 6.92 Å². The van der Waals surface area contributed by atoms with Crippen LogP contribution in [0.3, 0.4) is 0 Å². The molecule has 0 atom stereocenters. The predicted molar refractivity (Wildman–Crippen MR) is 58.4 cm³/mol. The van der Waals surface area contributed by atoms with Gasteiger partial charge in [-0.2, -0.15) is 0 Å². The van der Waals surface area contributed by atoms with Crippen LogP contribution in [0.1, 0.15) is 15.4 Å². The van der Waals surface area contributed by atoms with Gasteiger partial charge in [0.2, 0.25) is 0 Å². The van der Waals surface area contributed by atoms with Crippen molar-refractivity contribution in [3.63, 3.8) is 0 Å². The van der Waals surface area contributed by atoms with Crippen LogP contribution in [0, 0.1) is 6.92 Å². The number of nitrogens with two attached hydrogens (primary N) is 1. The van der Waals surface area contributed by atoms with Crippen LogP contribution in [0.5, 0.6) is 0 Å². The molecule has 0 radical (unpaired) electrons. The van der Waals surface area contributed by atoms with Crippen molar-refractivity contribution >= 4 is 22.3 Å². The molecule has 0 saturated carbocycles. The van der Waals surface area contributed by atoms with Crippen LogP contribution < -0.4 is 5.73 Å². The van der Waals surface area contributed by atoms with Gasteiger partial charge in [0.15, 0.2) is 10.9 Å². The van der Waals surface area contributed by atoms with E-state index in [1.165, 1.54) is 17.4 Å². The Kier molecular flexibility index (Phi) is 3.24. The lowest BCUT2D eigenvalue weighted by molar-refractivity contribution is 0.104. The first-order chi connectivity index (χ1) is 6.50. The number of hydrogen-bond acceptors (Lipinski definition) is 5. The number of allylic oxidation sites excluding steroid dienone is 1. The fraction of sp³-hybridized carbons (Fsp3) is 0.333. The third-order valence-corrected chi connectivity index (χ3v) is 2.56. The number of carbonyl (C=O) groups is 1. The summed E-state index contributed by atoms with van der Waals surface area (Å²) >= 11 is 1.22. The summed E-state index contributed by atoms with van der Waals surface area (Å²) < 4.78 is 0. The van der Waals surface area contributed by atoms with E-state index < -0.39 is 0 Å². The van der Waals surface area contributed by atoms with E-state index >= 15 is 0 Å². The quantitative estimate of drug-likeness (QED) is 0.604. The summed E-state index contributed by atoms with van der Waals surface area (Å²) in [7, 11) is 3.72. The maximum Gasteiger partial charge on any atom is 0.199 e. The Morgan fingerprint density at radius 3 is 2.64 bits per heavy atom. The highest BCUT2D eigenvalue weighted by Crippen LogP contribution is 2.20. The summed E-state index contributed by atoms with van der Waals surface area (Å²) in [5, 5.41) is 0.434. The molecule has 0 aromatic carbocycles. The molecular formula is C9H13N3OS. The minimum atomic E-state index is -0.0506. The van der Waals surface area contributed by atoms with Crippen LogP contribution in [0.2, 0.25) is 0 Å². The summed E-state index contributed by atoms with van der Waals surface area (Å²) in [5.41, 5.74) is 6.19. The normalized spacial score (nSPS) is 10.8. The molecular weight excluding hydrogens is 198 g/mol. The Bertz CT molecular complexity index is 368. The number of thiazole rings is 1. The van der Waals surface area contributed by atoms with Crippen molar-refractivity contribution in [2.45, 2.75) is 6.92 Å². The largest absolute Gasteiger partial charge is 0.383 e. The molecule has 1 heterocycles. The molecule has 0 aliphatic carbocycles. The van der Waals surface area contributed by atoms with Gasteiger partial charge in [0.05, 0.1) is 10.6 Å². The number of ketones is 1. The summed E-state index contributed by atoms with van der Waals surface area (Å²) in [6, 6.07) is 0. The van der Waals surface area contributed by atoms with Gasteiger partial charge in [0.25, 0.3) is 0 Å². The Morgan fingerprint density at radius 2 is 2.21 bits per heavy atom. The lowest BCUT2D eigenvalue weighted by atomic mass is 10.3. The van der Waals surface area contributed by atoms with E-state index in [1.54, 1.807) is 18.0 Å². The number of hydrogen-bond donors (Lipinski definition) is 1. The topological polar surface area (TPSA) is 59.2 Å². The van der Waals surface area contributed by atoms with Crippen LogP contribution in [0.25, 0.3) is 0 Å². The van der Waals surface area contributed by atoms with E-state index in [0.29, 0.717) is 15.7 Å². The van der Waals surface area contributed by atoms with Crippen LogP contribution in [-0.4, -0.2) is 29.8 Å². The van der Waals surface area contributed by atoms with Gasteiger partial charge in [-0.15, -0.1) is 0 Å². The number of aromatic nitrogens is 1. The van der Waals surface area contributed by atoms with Crippen molar-refractivity contribution in [2.24, 2.45) is 0 Å². The van der Waals surface area contributed by atoms with Crippen molar-refractivity contribution in [1.82, 2.24) is 9.88 Å². The minimum absolute atomic E-state index is 0.0506. The highest BCUT2D eigenvalue weighted by molar-refractivity contribution is 7.17. The van der Waals surface area contributed by atoms with E-state index in [4.69, 9.17) is 5.73 Å². The summed E-state index contributed by atoms with van der Waals surface area (Å²) in [5.74, 6) is -0.0506. The first-order valence-corrected chi connectivity index (χ1v) is 4.94. The lowest BCUT2D eigenvalue weighted by Crippen LogP contribution is -2.02. The van der Waals surface area contributed by atoms with Crippen LogP contribution >= 0.6 is 11.3 Å². The SMILES string of the molecule is Cc1nc(N)sc1C(=O)/C=C/N(C)C. The van der Waals surface area contributed by atoms with Gasteiger partial charge < -0.3 is 10.6 Å². The van der Waals surface area contributed by atoms with E-state index in [0.717, 1.165) is 0 Å². The molecule has 0 saturated heterocycles. The standard InChI is InChI=1S/C9H13N3OS/c1-6-8(14-9(10)11-6)7(13)4-5-12(2)3/h4-5H,1-3H3,(H2,10,11)/b5-4+. The lowest BCUT2D eigenvalue weighted by Gasteiger charge is -2.01. The van der Waals surface area contributed by atoms with Crippen LogP contribution in [0.4, 0.5) is 5.13 Å². The second-order valence-electron chi connectivity index (χ2n) is 3.11. The maximum atomic E-state index is 11.6. The van der Waals surface area contributed by atoms with E-state index in [2.05, 4.69) is 4.98 Å². The summed E-state index contributed by atoms with van der Waals surface area (Å²) in [4.78, 5) is 18.0. The number of nitrogens with zero attached hydrogens (tertiary/aromatic N) is 2.